The van der Waals surface area contributed by atoms with Crippen LogP contribution in [0.4, 0.5) is 0 Å². The lowest BCUT2D eigenvalue weighted by Gasteiger charge is -2.18. The Kier molecular flexibility index (Phi) is 64.9. The van der Waals surface area contributed by atoms with Gasteiger partial charge < -0.3 is 14.2 Å². The van der Waals surface area contributed by atoms with Gasteiger partial charge in [0.15, 0.2) is 6.10 Å². The van der Waals surface area contributed by atoms with E-state index in [2.05, 4.69) is 191 Å². The molecule has 0 fully saturated rings. The molecule has 0 spiro atoms. The van der Waals surface area contributed by atoms with E-state index in [1.165, 1.54) is 70.6 Å². The number of unbranched alkanes of at least 4 members (excludes halogenated alkanes) is 20. The molecule has 6 heteroatoms. The second kappa shape index (κ2) is 69.3. The third kappa shape index (κ3) is 67.4. The molecule has 0 aliphatic heterocycles. The lowest BCUT2D eigenvalue weighted by molar-refractivity contribution is -0.167. The van der Waals surface area contributed by atoms with Crippen LogP contribution in [-0.4, -0.2) is 37.2 Å². The number of esters is 3. The van der Waals surface area contributed by atoms with Gasteiger partial charge in [-0.05, 0) is 135 Å². The second-order valence-electron chi connectivity index (χ2n) is 21.6. The van der Waals surface area contributed by atoms with E-state index in [0.717, 1.165) is 167 Å². The zero-order chi connectivity index (χ0) is 59.9. The molecule has 83 heavy (non-hydrogen) atoms. The summed E-state index contributed by atoms with van der Waals surface area (Å²) in [6.45, 7) is 6.30. The van der Waals surface area contributed by atoms with Gasteiger partial charge in [-0.2, -0.15) is 0 Å². The first-order chi connectivity index (χ1) is 41.0. The van der Waals surface area contributed by atoms with Crippen molar-refractivity contribution < 1.29 is 28.6 Å². The zero-order valence-electron chi connectivity index (χ0n) is 53.4. The summed E-state index contributed by atoms with van der Waals surface area (Å²) in [4.78, 5) is 38.0. The van der Waals surface area contributed by atoms with Crippen LogP contribution in [-0.2, 0) is 28.6 Å². The molecule has 0 aromatic rings. The molecule has 0 aromatic carbocycles. The summed E-state index contributed by atoms with van der Waals surface area (Å²) in [5.74, 6) is -0.948. The fourth-order valence-electron chi connectivity index (χ4n) is 8.76. The summed E-state index contributed by atoms with van der Waals surface area (Å²) in [5, 5.41) is 0. The highest BCUT2D eigenvalue weighted by Gasteiger charge is 2.19. The highest BCUT2D eigenvalue weighted by Crippen LogP contribution is 2.15. The van der Waals surface area contributed by atoms with Crippen molar-refractivity contribution >= 4 is 17.9 Å². The van der Waals surface area contributed by atoms with Gasteiger partial charge in [0, 0.05) is 19.3 Å². The molecule has 1 atom stereocenters. The molecular formula is C77H122O6. The Hall–Kier alpha value is -5.23. The molecular weight excluding hydrogens is 1020 g/mol. The molecule has 466 valence electrons. The maximum atomic E-state index is 12.9. The largest absolute Gasteiger partial charge is 0.462 e. The number of ether oxygens (including phenoxy) is 3. The average molecular weight is 1140 g/mol. The number of hydrogen-bond acceptors (Lipinski definition) is 6. The molecule has 6 nitrogen and oxygen atoms in total. The van der Waals surface area contributed by atoms with Crippen LogP contribution >= 0.6 is 0 Å². The molecule has 0 saturated carbocycles. The van der Waals surface area contributed by atoms with E-state index >= 15 is 0 Å². The molecule has 1 unspecified atom stereocenters. The molecule has 0 heterocycles. The first-order valence-electron chi connectivity index (χ1n) is 33.6. The summed E-state index contributed by atoms with van der Waals surface area (Å²) in [6, 6.07) is 0. The lowest BCUT2D eigenvalue weighted by Crippen LogP contribution is -2.30. The van der Waals surface area contributed by atoms with Gasteiger partial charge in [-0.3, -0.25) is 14.4 Å². The number of rotatable bonds is 59. The Balaban J connectivity index is 4.14. The smallest absolute Gasteiger partial charge is 0.306 e. The third-order valence-electron chi connectivity index (χ3n) is 13.7. The normalized spacial score (nSPS) is 13.2. The van der Waals surface area contributed by atoms with Crippen LogP contribution in [0.1, 0.15) is 278 Å². The van der Waals surface area contributed by atoms with E-state index in [4.69, 9.17) is 14.2 Å². The third-order valence-corrected chi connectivity index (χ3v) is 13.7. The van der Waals surface area contributed by atoms with Crippen molar-refractivity contribution in [2.24, 2.45) is 0 Å². The van der Waals surface area contributed by atoms with E-state index in [1.807, 2.05) is 0 Å². The molecule has 0 aliphatic rings. The maximum Gasteiger partial charge on any atom is 0.306 e. The topological polar surface area (TPSA) is 78.9 Å². The Morgan fingerprint density at radius 1 is 0.253 bits per heavy atom. The van der Waals surface area contributed by atoms with Crippen LogP contribution in [0.25, 0.3) is 0 Å². The SMILES string of the molecule is CC/C=C\C/C=C\C/C=C\C/C=C\C/C=C\C/C=C\C/C=C\C/C=C\C/C=C\CCCCCC(=O)OCC(COC(=O)CCCCCCC)OC(=O)CCCCCCCCCCCCCCC/C=C\C/C=C\C/C=C\C/C=C\C/C=C\CC. The Morgan fingerprint density at radius 2 is 0.470 bits per heavy atom. The van der Waals surface area contributed by atoms with Gasteiger partial charge in [0.2, 0.25) is 0 Å². The van der Waals surface area contributed by atoms with Gasteiger partial charge >= 0.3 is 17.9 Å². The zero-order valence-corrected chi connectivity index (χ0v) is 53.4. The van der Waals surface area contributed by atoms with Gasteiger partial charge in [0.05, 0.1) is 0 Å². The first-order valence-corrected chi connectivity index (χ1v) is 33.6. The summed E-state index contributed by atoms with van der Waals surface area (Å²) in [7, 11) is 0. The molecule has 0 amide bonds. The van der Waals surface area contributed by atoms with Crippen molar-refractivity contribution in [2.45, 2.75) is 284 Å². The van der Waals surface area contributed by atoms with Crippen LogP contribution in [0, 0.1) is 0 Å². The van der Waals surface area contributed by atoms with Gasteiger partial charge in [0.25, 0.3) is 0 Å². The minimum Gasteiger partial charge on any atom is -0.462 e. The van der Waals surface area contributed by atoms with Crippen LogP contribution in [0.2, 0.25) is 0 Å². The molecule has 0 rings (SSSR count). The quantitative estimate of drug-likeness (QED) is 0.0261. The molecule has 0 saturated heterocycles. The van der Waals surface area contributed by atoms with Crippen molar-refractivity contribution in [3.8, 4) is 0 Å². The maximum absolute atomic E-state index is 12.9. The van der Waals surface area contributed by atoms with Crippen LogP contribution < -0.4 is 0 Å². The average Bonchev–Trinajstić information content (AvgIpc) is 3.49. The standard InChI is InChI=1S/C77H122O6/c1-4-7-10-13-15-17-19-21-23-25-27-29-31-33-35-37-38-40-41-43-45-47-49-51-53-55-57-59-61-64-67-70-76(79)82-73-74(72-81-75(78)69-66-63-12-9-6-3)83-77(80)71-68-65-62-60-58-56-54-52-50-48-46-44-42-39-36-34-32-30-28-26-24-22-20-18-16-14-11-8-5-2/h7-8,10-11,15-18,21-24,27-30,33-36,38,40,43,45,49,51,55,57,74H,4-6,9,12-14,19-20,25-26,31-32,37,39,41-42,44,46-48,50,52-54,56,58-73H2,1-3H3/b10-7-,11-8-,17-15-,18-16-,23-21-,24-22-,29-27-,30-28-,35-33-,36-34-,40-38-,45-43-,51-49-,57-55-. The summed E-state index contributed by atoms with van der Waals surface area (Å²) in [6.07, 6.45) is 103. The van der Waals surface area contributed by atoms with E-state index in [1.54, 1.807) is 0 Å². The van der Waals surface area contributed by atoms with Crippen molar-refractivity contribution in [1.82, 2.24) is 0 Å². The van der Waals surface area contributed by atoms with Crippen LogP contribution in [0.15, 0.2) is 170 Å². The summed E-state index contributed by atoms with van der Waals surface area (Å²) in [5.41, 5.74) is 0. The molecule has 0 N–H and O–H groups in total. The fourth-order valence-corrected chi connectivity index (χ4v) is 8.76. The Labute approximate surface area is 511 Å². The van der Waals surface area contributed by atoms with Crippen molar-refractivity contribution in [3.63, 3.8) is 0 Å². The van der Waals surface area contributed by atoms with Crippen molar-refractivity contribution in [2.75, 3.05) is 13.2 Å². The Morgan fingerprint density at radius 3 is 0.747 bits per heavy atom. The van der Waals surface area contributed by atoms with Crippen LogP contribution in [0.3, 0.4) is 0 Å². The lowest BCUT2D eigenvalue weighted by atomic mass is 10.0. The molecule has 0 aliphatic carbocycles. The van der Waals surface area contributed by atoms with Gasteiger partial charge in [-0.25, -0.2) is 0 Å². The predicted octanol–water partition coefficient (Wildman–Crippen LogP) is 23.4. The monoisotopic (exact) mass is 1140 g/mol. The highest BCUT2D eigenvalue weighted by molar-refractivity contribution is 5.71. The van der Waals surface area contributed by atoms with E-state index in [9.17, 15) is 14.4 Å². The van der Waals surface area contributed by atoms with Crippen molar-refractivity contribution in [1.29, 1.82) is 0 Å². The summed E-state index contributed by atoms with van der Waals surface area (Å²) >= 11 is 0. The molecule has 0 radical (unpaired) electrons. The van der Waals surface area contributed by atoms with Gasteiger partial charge in [-0.15, -0.1) is 0 Å². The number of hydrogen-bond donors (Lipinski definition) is 0. The number of carbonyl (C=O) groups is 3. The minimum absolute atomic E-state index is 0.0953. The number of allylic oxidation sites excluding steroid dienone is 28. The summed E-state index contributed by atoms with van der Waals surface area (Å²) < 4.78 is 16.8. The van der Waals surface area contributed by atoms with Gasteiger partial charge in [-0.1, -0.05) is 294 Å². The Bertz CT molecular complexity index is 1890. The highest BCUT2D eigenvalue weighted by atomic mass is 16.6. The van der Waals surface area contributed by atoms with Crippen molar-refractivity contribution in [3.05, 3.63) is 170 Å². The minimum atomic E-state index is -0.798. The molecule has 0 bridgehead atoms. The fraction of sp³-hybridized carbons (Fsp3) is 0.597. The predicted molar refractivity (Wildman–Crippen MR) is 361 cm³/mol. The molecule has 0 aromatic heterocycles. The first kappa shape index (κ1) is 77.8. The van der Waals surface area contributed by atoms with E-state index in [-0.39, 0.29) is 31.1 Å². The van der Waals surface area contributed by atoms with E-state index < -0.39 is 6.10 Å². The van der Waals surface area contributed by atoms with E-state index in [0.29, 0.717) is 19.3 Å². The second-order valence-corrected chi connectivity index (χ2v) is 21.6. The van der Waals surface area contributed by atoms with Crippen LogP contribution in [0.5, 0.6) is 0 Å². The number of carbonyl (C=O) groups excluding carboxylic acids is 3. The van der Waals surface area contributed by atoms with Gasteiger partial charge in [0.1, 0.15) is 13.2 Å².